The molecule has 0 fully saturated rings. The Morgan fingerprint density at radius 1 is 0.963 bits per heavy atom. The monoisotopic (exact) mass is 387 g/mol. The molecule has 0 saturated carbocycles. The Labute approximate surface area is 150 Å². The molecule has 0 unspecified atom stereocenters. The first-order chi connectivity index (χ1) is 12.7. The summed E-state index contributed by atoms with van der Waals surface area (Å²) in [6.07, 6.45) is -4.56. The van der Waals surface area contributed by atoms with E-state index in [0.29, 0.717) is 6.07 Å². The van der Waals surface area contributed by atoms with Crippen molar-refractivity contribution in [2.24, 2.45) is 0 Å². The Morgan fingerprint density at radius 3 is 2.33 bits per heavy atom. The highest BCUT2D eigenvalue weighted by molar-refractivity contribution is 6.01. The van der Waals surface area contributed by atoms with Crippen molar-refractivity contribution in [1.29, 1.82) is 0 Å². The summed E-state index contributed by atoms with van der Waals surface area (Å²) in [6, 6.07) is 8.25. The molecule has 0 heterocycles. The summed E-state index contributed by atoms with van der Waals surface area (Å²) in [5, 5.41) is 6.53. The number of halogens is 5. The molecule has 0 bridgehead atoms. The van der Waals surface area contributed by atoms with Crippen LogP contribution in [0.1, 0.15) is 10.4 Å². The molecule has 2 amide bonds. The van der Waals surface area contributed by atoms with Gasteiger partial charge in [-0.3, -0.25) is 9.59 Å². The van der Waals surface area contributed by atoms with Crippen molar-refractivity contribution in [2.75, 3.05) is 23.7 Å². The molecule has 0 aromatic heterocycles. The van der Waals surface area contributed by atoms with Gasteiger partial charge in [0, 0.05) is 11.8 Å². The van der Waals surface area contributed by atoms with Gasteiger partial charge in [0.15, 0.2) is 0 Å². The zero-order valence-electron chi connectivity index (χ0n) is 13.7. The minimum Gasteiger partial charge on any atom is -0.376 e. The number of hydrogen-bond acceptors (Lipinski definition) is 3. The summed E-state index contributed by atoms with van der Waals surface area (Å²) in [5.74, 6) is -3.44. The lowest BCUT2D eigenvalue weighted by molar-refractivity contribution is -0.123. The number of carbonyl (C=O) groups is 2. The van der Waals surface area contributed by atoms with Crippen LogP contribution in [0.4, 0.5) is 33.3 Å². The van der Waals surface area contributed by atoms with Crippen molar-refractivity contribution < 1.29 is 31.5 Å². The van der Waals surface area contributed by atoms with Gasteiger partial charge in [0.05, 0.1) is 17.8 Å². The number of nitrogens with one attached hydrogen (secondary N) is 3. The smallest absolute Gasteiger partial charge is 0.376 e. The molecule has 0 saturated heterocycles. The van der Waals surface area contributed by atoms with E-state index in [0.717, 1.165) is 12.1 Å². The molecule has 0 aliphatic heterocycles. The van der Waals surface area contributed by atoms with E-state index in [2.05, 4.69) is 10.6 Å². The van der Waals surface area contributed by atoms with Crippen molar-refractivity contribution >= 4 is 23.2 Å². The molecule has 0 aliphatic carbocycles. The Balaban J connectivity index is 1.99. The summed E-state index contributed by atoms with van der Waals surface area (Å²) < 4.78 is 63.0. The maximum Gasteiger partial charge on any atom is 0.405 e. The Bertz CT molecular complexity index is 840. The van der Waals surface area contributed by atoms with Crippen molar-refractivity contribution in [3.05, 3.63) is 59.7 Å². The quantitative estimate of drug-likeness (QED) is 0.666. The number of para-hydroxylation sites is 1. The van der Waals surface area contributed by atoms with E-state index < -0.39 is 42.7 Å². The zero-order chi connectivity index (χ0) is 20.0. The van der Waals surface area contributed by atoms with Gasteiger partial charge in [0.25, 0.3) is 5.91 Å². The second kappa shape index (κ2) is 8.47. The maximum absolute atomic E-state index is 13.5. The van der Waals surface area contributed by atoms with E-state index in [1.807, 2.05) is 0 Å². The fourth-order valence-electron chi connectivity index (χ4n) is 2.07. The third-order valence-corrected chi connectivity index (χ3v) is 3.27. The van der Waals surface area contributed by atoms with Gasteiger partial charge >= 0.3 is 6.18 Å². The van der Waals surface area contributed by atoms with Gasteiger partial charge in [-0.2, -0.15) is 13.2 Å². The van der Waals surface area contributed by atoms with Gasteiger partial charge < -0.3 is 16.0 Å². The molecule has 10 heteroatoms. The van der Waals surface area contributed by atoms with Crippen molar-refractivity contribution in [3.8, 4) is 0 Å². The fraction of sp³-hybridized carbons (Fsp3) is 0.176. The number of carbonyl (C=O) groups excluding carboxylic acids is 2. The average Bonchev–Trinajstić information content (AvgIpc) is 2.60. The number of hydrogen-bond donors (Lipinski definition) is 3. The van der Waals surface area contributed by atoms with Gasteiger partial charge in [-0.15, -0.1) is 0 Å². The van der Waals surface area contributed by atoms with E-state index >= 15 is 0 Å². The highest BCUT2D eigenvalue weighted by atomic mass is 19.4. The van der Waals surface area contributed by atoms with Crippen molar-refractivity contribution in [3.63, 3.8) is 0 Å². The second-order valence-corrected chi connectivity index (χ2v) is 5.37. The molecule has 144 valence electrons. The lowest BCUT2D eigenvalue weighted by Gasteiger charge is -2.13. The third-order valence-electron chi connectivity index (χ3n) is 3.27. The van der Waals surface area contributed by atoms with E-state index in [-0.39, 0.29) is 16.9 Å². The van der Waals surface area contributed by atoms with Crippen LogP contribution >= 0.6 is 0 Å². The van der Waals surface area contributed by atoms with Crippen LogP contribution in [0.5, 0.6) is 0 Å². The van der Waals surface area contributed by atoms with Crippen molar-refractivity contribution in [1.82, 2.24) is 5.32 Å². The molecule has 0 atom stereocenters. The van der Waals surface area contributed by atoms with Gasteiger partial charge in [0.1, 0.15) is 18.2 Å². The van der Waals surface area contributed by atoms with Crippen LogP contribution in [-0.2, 0) is 4.79 Å². The minimum atomic E-state index is -4.56. The lowest BCUT2D eigenvalue weighted by atomic mass is 10.1. The summed E-state index contributed by atoms with van der Waals surface area (Å²) in [7, 11) is 0. The number of anilines is 2. The van der Waals surface area contributed by atoms with Gasteiger partial charge in [-0.05, 0) is 24.3 Å². The average molecular weight is 387 g/mol. The molecule has 5 nitrogen and oxygen atoms in total. The van der Waals surface area contributed by atoms with Gasteiger partial charge in [-0.1, -0.05) is 12.1 Å². The van der Waals surface area contributed by atoms with Crippen LogP contribution in [0.3, 0.4) is 0 Å². The maximum atomic E-state index is 13.5. The predicted molar refractivity (Wildman–Crippen MR) is 88.3 cm³/mol. The molecule has 0 radical (unpaired) electrons. The topological polar surface area (TPSA) is 70.2 Å². The standard InChI is InChI=1S/C17H14F5N3O2/c18-10-5-6-14(12(19)7-10)25-15(26)8-23-13-4-2-1-3-11(13)16(27)24-9-17(20,21)22/h1-7,23H,8-9H2,(H,24,27)(H,25,26). The summed E-state index contributed by atoms with van der Waals surface area (Å²) in [4.78, 5) is 23.8. The third kappa shape index (κ3) is 6.24. The molecule has 2 rings (SSSR count). The van der Waals surface area contributed by atoms with E-state index in [4.69, 9.17) is 0 Å². The number of rotatable bonds is 6. The first kappa shape index (κ1) is 20.1. The minimum absolute atomic E-state index is 0.0949. The molecular formula is C17H14F5N3O2. The number of benzene rings is 2. The van der Waals surface area contributed by atoms with Gasteiger partial charge in [0.2, 0.25) is 5.91 Å². The van der Waals surface area contributed by atoms with E-state index in [1.54, 1.807) is 5.32 Å². The summed E-state index contributed by atoms with van der Waals surface area (Å²) in [6.45, 7) is -1.90. The zero-order valence-corrected chi connectivity index (χ0v) is 13.7. The first-order valence-electron chi connectivity index (χ1n) is 7.58. The van der Waals surface area contributed by atoms with Crippen molar-refractivity contribution in [2.45, 2.75) is 6.18 Å². The molecule has 0 aliphatic rings. The van der Waals surface area contributed by atoms with E-state index in [1.165, 1.54) is 24.3 Å². The Hall–Kier alpha value is -3.17. The van der Waals surface area contributed by atoms with Crippen LogP contribution in [-0.4, -0.2) is 31.1 Å². The highest BCUT2D eigenvalue weighted by Crippen LogP contribution is 2.18. The molecule has 3 N–H and O–H groups in total. The van der Waals surface area contributed by atoms with Crippen LogP contribution in [0.15, 0.2) is 42.5 Å². The first-order valence-corrected chi connectivity index (χ1v) is 7.58. The lowest BCUT2D eigenvalue weighted by Crippen LogP contribution is -2.34. The Morgan fingerprint density at radius 2 is 1.67 bits per heavy atom. The normalized spacial score (nSPS) is 11.0. The van der Waals surface area contributed by atoms with Crippen LogP contribution in [0.25, 0.3) is 0 Å². The Kier molecular flexibility index (Phi) is 6.32. The highest BCUT2D eigenvalue weighted by Gasteiger charge is 2.28. The van der Waals surface area contributed by atoms with Crippen LogP contribution in [0.2, 0.25) is 0 Å². The van der Waals surface area contributed by atoms with Crippen LogP contribution in [0, 0.1) is 11.6 Å². The molecule has 2 aromatic rings. The second-order valence-electron chi connectivity index (χ2n) is 5.37. The predicted octanol–water partition coefficient (Wildman–Crippen LogP) is 3.31. The molecule has 2 aromatic carbocycles. The SMILES string of the molecule is O=C(CNc1ccccc1C(=O)NCC(F)(F)F)Nc1ccc(F)cc1F. The van der Waals surface area contributed by atoms with Gasteiger partial charge in [-0.25, -0.2) is 8.78 Å². The molecule has 0 spiro atoms. The van der Waals surface area contributed by atoms with Crippen LogP contribution < -0.4 is 16.0 Å². The molecule has 27 heavy (non-hydrogen) atoms. The number of alkyl halides is 3. The number of amides is 2. The summed E-state index contributed by atoms with van der Waals surface area (Å²) >= 11 is 0. The summed E-state index contributed by atoms with van der Waals surface area (Å²) in [5.41, 5.74) is -0.214. The molecular weight excluding hydrogens is 373 g/mol. The largest absolute Gasteiger partial charge is 0.405 e. The van der Waals surface area contributed by atoms with E-state index in [9.17, 15) is 31.5 Å². The fourth-order valence-corrected chi connectivity index (χ4v) is 2.07.